The number of hydrogen-bond acceptors (Lipinski definition) is 3. The van der Waals surface area contributed by atoms with Crippen molar-refractivity contribution in [3.05, 3.63) is 23.8 Å². The van der Waals surface area contributed by atoms with Gasteiger partial charge < -0.3 is 15.2 Å². The number of carbonyl (C=O) groups is 1. The van der Waals surface area contributed by atoms with E-state index in [2.05, 4.69) is 5.32 Å². The summed E-state index contributed by atoms with van der Waals surface area (Å²) >= 11 is 0. The van der Waals surface area contributed by atoms with E-state index in [-0.39, 0.29) is 17.2 Å². The lowest BCUT2D eigenvalue weighted by Gasteiger charge is -2.39. The molecule has 0 heterocycles. The fourth-order valence-electron chi connectivity index (χ4n) is 2.01. The summed E-state index contributed by atoms with van der Waals surface area (Å²) in [4.78, 5) is 11.9. The highest BCUT2D eigenvalue weighted by Crippen LogP contribution is 2.32. The lowest BCUT2D eigenvalue weighted by molar-refractivity contribution is 0.0850. The molecule has 0 saturated heterocycles. The summed E-state index contributed by atoms with van der Waals surface area (Å²) in [5, 5.41) is 12.6. The fraction of sp³-hybridized carbons (Fsp3) is 0.462. The molecule has 1 aliphatic carbocycles. The van der Waals surface area contributed by atoms with Crippen LogP contribution in [-0.2, 0) is 0 Å². The van der Waals surface area contributed by atoms with Crippen LogP contribution in [0.25, 0.3) is 0 Å². The molecule has 1 aromatic rings. The standard InChI is InChI=1S/C13H17NO3/c1-13(6-3-7-13)14-12(16)9-4-5-11(17-2)10(15)8-9/h4-5,8,15H,3,6-7H2,1-2H3,(H,14,16). The number of carbonyl (C=O) groups excluding carboxylic acids is 1. The van der Waals surface area contributed by atoms with Crippen molar-refractivity contribution in [3.8, 4) is 11.5 Å². The number of aromatic hydroxyl groups is 1. The van der Waals surface area contributed by atoms with E-state index in [1.807, 2.05) is 6.92 Å². The summed E-state index contributed by atoms with van der Waals surface area (Å²) in [7, 11) is 1.48. The molecule has 0 bridgehead atoms. The predicted molar refractivity (Wildman–Crippen MR) is 64.4 cm³/mol. The summed E-state index contributed by atoms with van der Waals surface area (Å²) < 4.78 is 4.93. The topological polar surface area (TPSA) is 58.6 Å². The molecular weight excluding hydrogens is 218 g/mol. The molecule has 0 aromatic heterocycles. The molecule has 1 amide bonds. The van der Waals surface area contributed by atoms with Gasteiger partial charge >= 0.3 is 0 Å². The summed E-state index contributed by atoms with van der Waals surface area (Å²) in [6.45, 7) is 2.04. The van der Waals surface area contributed by atoms with Crippen LogP contribution in [0.3, 0.4) is 0 Å². The fourth-order valence-corrected chi connectivity index (χ4v) is 2.01. The van der Waals surface area contributed by atoms with Gasteiger partial charge in [-0.3, -0.25) is 4.79 Å². The highest BCUT2D eigenvalue weighted by Gasteiger charge is 2.33. The van der Waals surface area contributed by atoms with Crippen molar-refractivity contribution in [3.63, 3.8) is 0 Å². The van der Waals surface area contributed by atoms with Crippen molar-refractivity contribution in [1.29, 1.82) is 0 Å². The summed E-state index contributed by atoms with van der Waals surface area (Å²) in [6, 6.07) is 4.67. The third-order valence-corrected chi connectivity index (χ3v) is 3.31. The quantitative estimate of drug-likeness (QED) is 0.843. The Kier molecular flexibility index (Phi) is 2.96. The van der Waals surface area contributed by atoms with E-state index in [9.17, 15) is 9.90 Å². The Morgan fingerprint density at radius 2 is 2.18 bits per heavy atom. The van der Waals surface area contributed by atoms with Gasteiger partial charge in [0.2, 0.25) is 0 Å². The molecule has 0 unspecified atom stereocenters. The highest BCUT2D eigenvalue weighted by molar-refractivity contribution is 5.95. The molecule has 1 fully saturated rings. The van der Waals surface area contributed by atoms with Crippen LogP contribution >= 0.6 is 0 Å². The number of benzene rings is 1. The molecule has 0 aliphatic heterocycles. The van der Waals surface area contributed by atoms with Gasteiger partial charge in [-0.25, -0.2) is 0 Å². The van der Waals surface area contributed by atoms with Crippen molar-refractivity contribution in [2.45, 2.75) is 31.7 Å². The Morgan fingerprint density at radius 3 is 2.65 bits per heavy atom. The largest absolute Gasteiger partial charge is 0.504 e. The van der Waals surface area contributed by atoms with Gasteiger partial charge in [0.25, 0.3) is 5.91 Å². The molecule has 1 aliphatic rings. The molecule has 1 saturated carbocycles. The van der Waals surface area contributed by atoms with Gasteiger partial charge in [-0.1, -0.05) is 0 Å². The second-order valence-corrected chi connectivity index (χ2v) is 4.75. The van der Waals surface area contributed by atoms with E-state index < -0.39 is 0 Å². The van der Waals surface area contributed by atoms with Crippen molar-refractivity contribution >= 4 is 5.91 Å². The third-order valence-electron chi connectivity index (χ3n) is 3.31. The zero-order valence-corrected chi connectivity index (χ0v) is 10.1. The van der Waals surface area contributed by atoms with Crippen LogP contribution in [0.15, 0.2) is 18.2 Å². The van der Waals surface area contributed by atoms with Gasteiger partial charge in [0.05, 0.1) is 7.11 Å². The normalized spacial score (nSPS) is 17.1. The van der Waals surface area contributed by atoms with Crippen molar-refractivity contribution < 1.29 is 14.6 Å². The van der Waals surface area contributed by atoms with E-state index in [4.69, 9.17) is 4.74 Å². The Labute approximate surface area is 101 Å². The second-order valence-electron chi connectivity index (χ2n) is 4.75. The average Bonchev–Trinajstić information content (AvgIpc) is 2.26. The first-order valence-electron chi connectivity index (χ1n) is 5.74. The molecule has 1 aromatic carbocycles. The SMILES string of the molecule is COc1ccc(C(=O)NC2(C)CCC2)cc1O. The number of hydrogen-bond donors (Lipinski definition) is 2. The number of methoxy groups -OCH3 is 1. The van der Waals surface area contributed by atoms with E-state index in [1.165, 1.54) is 13.2 Å². The number of phenolic OH excluding ortho intramolecular Hbond substituents is 1. The predicted octanol–water partition coefficient (Wildman–Crippen LogP) is 2.07. The van der Waals surface area contributed by atoms with E-state index in [0.717, 1.165) is 19.3 Å². The molecule has 0 radical (unpaired) electrons. The number of phenols is 1. The minimum atomic E-state index is -0.148. The van der Waals surface area contributed by atoms with Crippen LogP contribution in [0.2, 0.25) is 0 Å². The average molecular weight is 235 g/mol. The van der Waals surface area contributed by atoms with Crippen molar-refractivity contribution in [1.82, 2.24) is 5.32 Å². The van der Waals surface area contributed by atoms with Crippen LogP contribution in [0, 0.1) is 0 Å². The maximum absolute atomic E-state index is 11.9. The number of nitrogens with one attached hydrogen (secondary N) is 1. The van der Waals surface area contributed by atoms with Crippen LogP contribution in [-0.4, -0.2) is 23.7 Å². The van der Waals surface area contributed by atoms with Gasteiger partial charge in [-0.2, -0.15) is 0 Å². The Balaban J connectivity index is 2.11. The maximum atomic E-state index is 11.9. The van der Waals surface area contributed by atoms with Gasteiger partial charge in [0.15, 0.2) is 11.5 Å². The molecular formula is C13H17NO3. The van der Waals surface area contributed by atoms with Crippen LogP contribution in [0.1, 0.15) is 36.5 Å². The zero-order chi connectivity index (χ0) is 12.5. The van der Waals surface area contributed by atoms with E-state index in [0.29, 0.717) is 11.3 Å². The maximum Gasteiger partial charge on any atom is 0.251 e. The Morgan fingerprint density at radius 1 is 1.47 bits per heavy atom. The first kappa shape index (κ1) is 11.8. The van der Waals surface area contributed by atoms with Gasteiger partial charge in [0, 0.05) is 11.1 Å². The number of rotatable bonds is 3. The minimum absolute atomic E-state index is 0.0149. The van der Waals surface area contributed by atoms with Gasteiger partial charge in [-0.15, -0.1) is 0 Å². The minimum Gasteiger partial charge on any atom is -0.504 e. The first-order valence-corrected chi connectivity index (χ1v) is 5.74. The lowest BCUT2D eigenvalue weighted by atomic mass is 9.78. The molecule has 0 spiro atoms. The molecule has 92 valence electrons. The molecule has 4 nitrogen and oxygen atoms in total. The number of amides is 1. The van der Waals surface area contributed by atoms with Crippen LogP contribution < -0.4 is 10.1 Å². The third kappa shape index (κ3) is 2.35. The lowest BCUT2D eigenvalue weighted by Crippen LogP contribution is -2.50. The highest BCUT2D eigenvalue weighted by atomic mass is 16.5. The number of ether oxygens (including phenoxy) is 1. The van der Waals surface area contributed by atoms with Gasteiger partial charge in [-0.05, 0) is 44.4 Å². The molecule has 2 rings (SSSR count). The summed E-state index contributed by atoms with van der Waals surface area (Å²) in [5.41, 5.74) is 0.378. The molecule has 0 atom stereocenters. The summed E-state index contributed by atoms with van der Waals surface area (Å²) in [5.74, 6) is 0.209. The van der Waals surface area contributed by atoms with E-state index in [1.54, 1.807) is 12.1 Å². The zero-order valence-electron chi connectivity index (χ0n) is 10.1. The monoisotopic (exact) mass is 235 g/mol. The summed E-state index contributed by atoms with van der Waals surface area (Å²) in [6.07, 6.45) is 3.19. The van der Waals surface area contributed by atoms with Gasteiger partial charge in [0.1, 0.15) is 0 Å². The molecule has 17 heavy (non-hydrogen) atoms. The molecule has 2 N–H and O–H groups in total. The second kappa shape index (κ2) is 4.28. The Hall–Kier alpha value is -1.71. The van der Waals surface area contributed by atoms with E-state index >= 15 is 0 Å². The van der Waals surface area contributed by atoms with Crippen LogP contribution in [0.5, 0.6) is 11.5 Å². The van der Waals surface area contributed by atoms with Crippen LogP contribution in [0.4, 0.5) is 0 Å². The van der Waals surface area contributed by atoms with Crippen molar-refractivity contribution in [2.24, 2.45) is 0 Å². The smallest absolute Gasteiger partial charge is 0.251 e. The first-order chi connectivity index (χ1) is 8.04. The van der Waals surface area contributed by atoms with Crippen molar-refractivity contribution in [2.75, 3.05) is 7.11 Å². The Bertz CT molecular complexity index is 438. The molecule has 4 heteroatoms.